The molecule has 4 rings (SSSR count). The minimum atomic E-state index is 0.107. The third kappa shape index (κ3) is 4.54. The Balaban J connectivity index is 1.37. The SMILES string of the molecule is COc1cc(/C=N/N2CC[NH+](Cc3cccc4ccccc34)CC2)cc(Br)c1O. The summed E-state index contributed by atoms with van der Waals surface area (Å²) in [7, 11) is 1.54. The standard InChI is InChI=1S/C23H24BrN3O2/c1-29-22-14-17(13-21(24)23(22)28)15-25-27-11-9-26(10-12-27)16-19-7-4-6-18-5-2-3-8-20(18)19/h2-8,13-15,28H,9-12,16H2,1H3/p+1/b25-15+. The predicted molar refractivity (Wildman–Crippen MR) is 120 cm³/mol. The van der Waals surface area contributed by atoms with Crippen LogP contribution >= 0.6 is 15.9 Å². The Labute approximate surface area is 179 Å². The smallest absolute Gasteiger partial charge is 0.172 e. The Morgan fingerprint density at radius 3 is 2.69 bits per heavy atom. The maximum atomic E-state index is 9.93. The maximum absolute atomic E-state index is 9.93. The van der Waals surface area contributed by atoms with Crippen molar-refractivity contribution < 1.29 is 14.7 Å². The van der Waals surface area contributed by atoms with Crippen LogP contribution in [0.25, 0.3) is 10.8 Å². The van der Waals surface area contributed by atoms with E-state index in [1.807, 2.05) is 12.3 Å². The quantitative estimate of drug-likeness (QED) is 0.582. The average molecular weight is 455 g/mol. The van der Waals surface area contributed by atoms with Crippen LogP contribution in [0.4, 0.5) is 0 Å². The second-order valence-electron chi connectivity index (χ2n) is 7.32. The molecule has 6 heteroatoms. The number of piperazine rings is 1. The van der Waals surface area contributed by atoms with Crippen molar-refractivity contribution in [3.8, 4) is 11.5 Å². The summed E-state index contributed by atoms with van der Waals surface area (Å²) in [5, 5.41) is 19.3. The van der Waals surface area contributed by atoms with Gasteiger partial charge in [0, 0.05) is 5.56 Å². The van der Waals surface area contributed by atoms with Crippen LogP contribution in [-0.4, -0.2) is 49.6 Å². The van der Waals surface area contributed by atoms with Gasteiger partial charge >= 0.3 is 0 Å². The van der Waals surface area contributed by atoms with Crippen LogP contribution in [0.1, 0.15) is 11.1 Å². The van der Waals surface area contributed by atoms with E-state index in [1.165, 1.54) is 16.3 Å². The first-order valence-electron chi connectivity index (χ1n) is 9.79. The summed E-state index contributed by atoms with van der Waals surface area (Å²) in [6.07, 6.45) is 1.82. The highest BCUT2D eigenvalue weighted by Crippen LogP contribution is 2.34. The molecule has 2 N–H and O–H groups in total. The van der Waals surface area contributed by atoms with Crippen molar-refractivity contribution in [2.45, 2.75) is 6.54 Å². The van der Waals surface area contributed by atoms with E-state index >= 15 is 0 Å². The van der Waals surface area contributed by atoms with Gasteiger partial charge in [0.15, 0.2) is 11.5 Å². The van der Waals surface area contributed by atoms with Crippen molar-refractivity contribution in [1.29, 1.82) is 0 Å². The second-order valence-corrected chi connectivity index (χ2v) is 8.17. The van der Waals surface area contributed by atoms with Crippen LogP contribution in [0.3, 0.4) is 0 Å². The number of halogens is 1. The first-order chi connectivity index (χ1) is 14.1. The van der Waals surface area contributed by atoms with Gasteiger partial charge in [-0.1, -0.05) is 42.5 Å². The van der Waals surface area contributed by atoms with Gasteiger partial charge in [0.1, 0.15) is 6.54 Å². The molecule has 5 nitrogen and oxygen atoms in total. The Morgan fingerprint density at radius 2 is 1.90 bits per heavy atom. The number of fused-ring (bicyclic) bond motifs is 1. The van der Waals surface area contributed by atoms with Crippen molar-refractivity contribution in [3.63, 3.8) is 0 Å². The molecule has 0 radical (unpaired) electrons. The molecule has 0 aromatic heterocycles. The molecule has 0 spiro atoms. The number of quaternary nitrogens is 1. The van der Waals surface area contributed by atoms with E-state index in [0.717, 1.165) is 38.3 Å². The van der Waals surface area contributed by atoms with Crippen molar-refractivity contribution in [3.05, 3.63) is 70.2 Å². The summed E-state index contributed by atoms with van der Waals surface area (Å²) in [5.41, 5.74) is 2.30. The minimum absolute atomic E-state index is 0.107. The summed E-state index contributed by atoms with van der Waals surface area (Å²) in [6, 6.07) is 18.8. The molecule has 0 aliphatic carbocycles. The zero-order chi connectivity index (χ0) is 20.2. The molecule has 0 saturated carbocycles. The van der Waals surface area contributed by atoms with E-state index in [9.17, 15) is 5.11 Å². The highest BCUT2D eigenvalue weighted by Gasteiger charge is 2.19. The van der Waals surface area contributed by atoms with Gasteiger partial charge in [0.2, 0.25) is 0 Å². The van der Waals surface area contributed by atoms with Crippen molar-refractivity contribution in [1.82, 2.24) is 5.01 Å². The molecule has 0 bridgehead atoms. The second kappa shape index (κ2) is 8.84. The van der Waals surface area contributed by atoms with Gasteiger partial charge in [-0.05, 0) is 44.4 Å². The predicted octanol–water partition coefficient (Wildman–Crippen LogP) is 3.05. The molecular formula is C23H25BrN3O2+. The number of benzene rings is 3. The third-order valence-electron chi connectivity index (χ3n) is 5.41. The normalized spacial score (nSPS) is 15.3. The van der Waals surface area contributed by atoms with Gasteiger partial charge < -0.3 is 14.7 Å². The molecule has 3 aromatic rings. The number of methoxy groups -OCH3 is 1. The number of phenolic OH excluding ortho intramolecular Hbond substituents is 1. The fourth-order valence-corrected chi connectivity index (χ4v) is 4.25. The molecule has 1 saturated heterocycles. The van der Waals surface area contributed by atoms with E-state index < -0.39 is 0 Å². The van der Waals surface area contributed by atoms with E-state index in [0.29, 0.717) is 10.2 Å². The van der Waals surface area contributed by atoms with Gasteiger partial charge in [-0.15, -0.1) is 0 Å². The highest BCUT2D eigenvalue weighted by atomic mass is 79.9. The number of nitrogens with zero attached hydrogens (tertiary/aromatic N) is 2. The summed E-state index contributed by atoms with van der Waals surface area (Å²) in [4.78, 5) is 1.59. The lowest BCUT2D eigenvalue weighted by atomic mass is 10.0. The number of ether oxygens (including phenoxy) is 1. The molecule has 1 fully saturated rings. The first kappa shape index (κ1) is 19.7. The van der Waals surface area contributed by atoms with Gasteiger partial charge in [-0.2, -0.15) is 5.10 Å². The van der Waals surface area contributed by atoms with Crippen molar-refractivity contribution >= 4 is 32.9 Å². The van der Waals surface area contributed by atoms with Crippen LogP contribution in [0, 0.1) is 0 Å². The van der Waals surface area contributed by atoms with Crippen LogP contribution in [0.5, 0.6) is 11.5 Å². The Kier molecular flexibility index (Phi) is 6.02. The highest BCUT2D eigenvalue weighted by molar-refractivity contribution is 9.10. The number of phenols is 1. The van der Waals surface area contributed by atoms with Crippen LogP contribution < -0.4 is 9.64 Å². The fourth-order valence-electron chi connectivity index (χ4n) is 3.79. The molecule has 1 aliphatic heterocycles. The fraction of sp³-hybridized carbons (Fsp3) is 0.261. The zero-order valence-corrected chi connectivity index (χ0v) is 18.0. The van der Waals surface area contributed by atoms with Gasteiger partial charge in [-0.3, -0.25) is 5.01 Å². The molecule has 1 aliphatic rings. The molecule has 150 valence electrons. The maximum Gasteiger partial charge on any atom is 0.172 e. The van der Waals surface area contributed by atoms with Gasteiger partial charge in [0.05, 0.1) is 44.0 Å². The zero-order valence-electron chi connectivity index (χ0n) is 16.4. The number of hydrazone groups is 1. The number of nitrogens with one attached hydrogen (secondary N) is 1. The summed E-state index contributed by atoms with van der Waals surface area (Å²) in [6.45, 7) is 5.01. The topological polar surface area (TPSA) is 49.5 Å². The molecule has 3 aromatic carbocycles. The monoisotopic (exact) mass is 454 g/mol. The van der Waals surface area contributed by atoms with Gasteiger partial charge in [-0.25, -0.2) is 0 Å². The number of aromatic hydroxyl groups is 1. The summed E-state index contributed by atoms with van der Waals surface area (Å²) >= 11 is 3.35. The number of rotatable bonds is 5. The van der Waals surface area contributed by atoms with E-state index in [2.05, 4.69) is 68.5 Å². The molecule has 0 atom stereocenters. The summed E-state index contributed by atoms with van der Waals surface area (Å²) in [5.74, 6) is 0.542. The molecule has 29 heavy (non-hydrogen) atoms. The Morgan fingerprint density at radius 1 is 1.14 bits per heavy atom. The largest absolute Gasteiger partial charge is 0.503 e. The first-order valence-corrected chi connectivity index (χ1v) is 10.6. The van der Waals surface area contributed by atoms with Crippen molar-refractivity contribution in [2.75, 3.05) is 33.3 Å². The number of hydrogen-bond donors (Lipinski definition) is 2. The van der Waals surface area contributed by atoms with Crippen LogP contribution in [0.15, 0.2) is 64.2 Å². The van der Waals surface area contributed by atoms with E-state index in [1.54, 1.807) is 18.1 Å². The summed E-state index contributed by atoms with van der Waals surface area (Å²) < 4.78 is 5.80. The molecule has 0 unspecified atom stereocenters. The average Bonchev–Trinajstić information content (AvgIpc) is 2.75. The Bertz CT molecular complexity index is 1020. The van der Waals surface area contributed by atoms with Gasteiger partial charge in [0.25, 0.3) is 0 Å². The lowest BCUT2D eigenvalue weighted by Gasteiger charge is -2.30. The Hall–Kier alpha value is -2.57. The lowest BCUT2D eigenvalue weighted by Crippen LogP contribution is -3.13. The third-order valence-corrected chi connectivity index (χ3v) is 6.01. The van der Waals surface area contributed by atoms with Crippen LogP contribution in [-0.2, 0) is 6.54 Å². The molecule has 0 amide bonds. The van der Waals surface area contributed by atoms with Crippen LogP contribution in [0.2, 0.25) is 0 Å². The molecular weight excluding hydrogens is 430 g/mol. The van der Waals surface area contributed by atoms with E-state index in [4.69, 9.17) is 4.74 Å². The lowest BCUT2D eigenvalue weighted by molar-refractivity contribution is -0.918. The van der Waals surface area contributed by atoms with Crippen molar-refractivity contribution in [2.24, 2.45) is 5.10 Å². The minimum Gasteiger partial charge on any atom is -0.503 e. The number of hydrogen-bond acceptors (Lipinski definition) is 4. The molecule has 1 heterocycles. The van der Waals surface area contributed by atoms with E-state index in [-0.39, 0.29) is 5.75 Å².